The summed E-state index contributed by atoms with van der Waals surface area (Å²) in [4.78, 5) is 21.2. The van der Waals surface area contributed by atoms with Crippen molar-refractivity contribution in [2.24, 2.45) is 10.2 Å². The Bertz CT molecular complexity index is 253. The molecule has 0 saturated heterocycles. The van der Waals surface area contributed by atoms with Crippen LogP contribution in [0, 0.1) is 0 Å². The highest BCUT2D eigenvalue weighted by Crippen LogP contribution is 2.15. The summed E-state index contributed by atoms with van der Waals surface area (Å²) in [5.41, 5.74) is -2.79. The summed E-state index contributed by atoms with van der Waals surface area (Å²) in [7, 11) is 0. The van der Waals surface area contributed by atoms with Crippen LogP contribution in [0.3, 0.4) is 0 Å². The topological polar surface area (TPSA) is 99.3 Å². The Labute approximate surface area is 81.7 Å². The number of carboxylic acid groups (broad SMARTS) is 2. The van der Waals surface area contributed by atoms with E-state index in [1.165, 1.54) is 27.7 Å². The van der Waals surface area contributed by atoms with E-state index >= 15 is 0 Å². The van der Waals surface area contributed by atoms with Gasteiger partial charge in [0.2, 0.25) is 0 Å². The van der Waals surface area contributed by atoms with E-state index in [1.54, 1.807) is 0 Å². The summed E-state index contributed by atoms with van der Waals surface area (Å²) in [6, 6.07) is 0. The molecule has 0 aromatic heterocycles. The number of nitrogens with zero attached hydrogens (tertiary/aromatic N) is 2. The molecule has 14 heavy (non-hydrogen) atoms. The molecule has 0 bridgehead atoms. The first-order chi connectivity index (χ1) is 6.09. The standard InChI is InChI=1S/C8H14N2O4/c1-7(2,5(11)12)9-10-8(3,4)6(13)14/h1-4H3,(H,11,12)(H,13,14)/b10-9+. The van der Waals surface area contributed by atoms with Crippen LogP contribution in [0.15, 0.2) is 10.2 Å². The number of rotatable bonds is 4. The van der Waals surface area contributed by atoms with Gasteiger partial charge in [0.25, 0.3) is 0 Å². The Kier molecular flexibility index (Phi) is 3.34. The Morgan fingerprint density at radius 2 is 1.07 bits per heavy atom. The molecule has 0 atom stereocenters. The molecule has 0 amide bonds. The van der Waals surface area contributed by atoms with Crippen LogP contribution < -0.4 is 0 Å². The quantitative estimate of drug-likeness (QED) is 0.668. The fraction of sp³-hybridized carbons (Fsp3) is 0.750. The molecule has 0 saturated carbocycles. The van der Waals surface area contributed by atoms with E-state index in [2.05, 4.69) is 10.2 Å². The average molecular weight is 202 g/mol. The van der Waals surface area contributed by atoms with Gasteiger partial charge in [-0.15, -0.1) is 0 Å². The van der Waals surface area contributed by atoms with E-state index in [9.17, 15) is 9.59 Å². The molecule has 0 heterocycles. The maximum absolute atomic E-state index is 10.6. The molecule has 0 unspecified atom stereocenters. The fourth-order valence-electron chi connectivity index (χ4n) is 0.336. The fourth-order valence-corrected chi connectivity index (χ4v) is 0.336. The summed E-state index contributed by atoms with van der Waals surface area (Å²) in [5, 5.41) is 24.3. The molecular formula is C8H14N2O4. The maximum Gasteiger partial charge on any atom is 0.332 e. The number of hydrogen-bond acceptors (Lipinski definition) is 4. The third kappa shape index (κ3) is 3.12. The van der Waals surface area contributed by atoms with Gasteiger partial charge in [0.15, 0.2) is 11.1 Å². The second-order valence-electron chi connectivity index (χ2n) is 3.93. The summed E-state index contributed by atoms with van der Waals surface area (Å²) in [6.45, 7) is 5.38. The van der Waals surface area contributed by atoms with Crippen molar-refractivity contribution in [3.05, 3.63) is 0 Å². The number of azo groups is 1. The van der Waals surface area contributed by atoms with Gasteiger partial charge in [-0.2, -0.15) is 10.2 Å². The van der Waals surface area contributed by atoms with Crippen LogP contribution in [0.1, 0.15) is 27.7 Å². The van der Waals surface area contributed by atoms with Crippen molar-refractivity contribution in [2.45, 2.75) is 38.8 Å². The molecule has 0 spiro atoms. The van der Waals surface area contributed by atoms with Crippen molar-refractivity contribution in [1.82, 2.24) is 0 Å². The molecule has 0 aliphatic carbocycles. The van der Waals surface area contributed by atoms with Gasteiger partial charge in [-0.25, -0.2) is 9.59 Å². The van der Waals surface area contributed by atoms with E-state index in [0.717, 1.165) is 0 Å². The largest absolute Gasteiger partial charge is 0.479 e. The van der Waals surface area contributed by atoms with Gasteiger partial charge in [0.1, 0.15) is 0 Å². The van der Waals surface area contributed by atoms with Gasteiger partial charge in [0.05, 0.1) is 0 Å². The minimum Gasteiger partial charge on any atom is -0.479 e. The van der Waals surface area contributed by atoms with Crippen molar-refractivity contribution in [3.8, 4) is 0 Å². The number of carbonyl (C=O) groups is 2. The van der Waals surface area contributed by atoms with Crippen LogP contribution in [0.25, 0.3) is 0 Å². The summed E-state index contributed by atoms with van der Waals surface area (Å²) in [6.07, 6.45) is 0. The number of hydrogen-bond donors (Lipinski definition) is 2. The molecule has 0 aliphatic rings. The van der Waals surface area contributed by atoms with Crippen LogP contribution >= 0.6 is 0 Å². The van der Waals surface area contributed by atoms with Gasteiger partial charge < -0.3 is 10.2 Å². The van der Waals surface area contributed by atoms with Gasteiger partial charge in [-0.3, -0.25) is 0 Å². The second kappa shape index (κ2) is 3.73. The van der Waals surface area contributed by atoms with Crippen LogP contribution in [-0.2, 0) is 9.59 Å². The SMILES string of the molecule is CC(C)(/N=N/C(C)(C)C(=O)O)C(=O)O. The van der Waals surface area contributed by atoms with Crippen molar-refractivity contribution in [1.29, 1.82) is 0 Å². The Morgan fingerprint density at radius 3 is 1.21 bits per heavy atom. The highest BCUT2D eigenvalue weighted by atomic mass is 16.4. The van der Waals surface area contributed by atoms with Crippen molar-refractivity contribution in [2.75, 3.05) is 0 Å². The first-order valence-corrected chi connectivity index (χ1v) is 4.00. The smallest absolute Gasteiger partial charge is 0.332 e. The van der Waals surface area contributed by atoms with Crippen molar-refractivity contribution >= 4 is 11.9 Å². The predicted molar refractivity (Wildman–Crippen MR) is 48.3 cm³/mol. The molecule has 0 aromatic carbocycles. The molecule has 0 fully saturated rings. The lowest BCUT2D eigenvalue weighted by Crippen LogP contribution is -2.32. The van der Waals surface area contributed by atoms with Gasteiger partial charge in [0, 0.05) is 0 Å². The lowest BCUT2D eigenvalue weighted by atomic mass is 10.1. The summed E-state index contributed by atoms with van der Waals surface area (Å²) < 4.78 is 0. The normalized spacial score (nSPS) is 13.1. The molecular weight excluding hydrogens is 188 g/mol. The lowest BCUT2D eigenvalue weighted by Gasteiger charge is -2.16. The molecule has 2 N–H and O–H groups in total. The Balaban J connectivity index is 4.76. The number of aliphatic carboxylic acids is 2. The second-order valence-corrected chi connectivity index (χ2v) is 3.93. The Morgan fingerprint density at radius 1 is 0.857 bits per heavy atom. The highest BCUT2D eigenvalue weighted by molar-refractivity contribution is 5.79. The molecule has 0 radical (unpaired) electrons. The van der Waals surface area contributed by atoms with Crippen LogP contribution in [0.4, 0.5) is 0 Å². The Hall–Kier alpha value is -1.46. The van der Waals surface area contributed by atoms with Gasteiger partial charge in [-0.05, 0) is 27.7 Å². The molecule has 0 aliphatic heterocycles. The van der Waals surface area contributed by atoms with E-state index in [4.69, 9.17) is 10.2 Å². The molecule has 6 nitrogen and oxygen atoms in total. The minimum absolute atomic E-state index is 1.15. The summed E-state index contributed by atoms with van der Waals surface area (Å²) in [5.74, 6) is -2.30. The van der Waals surface area contributed by atoms with Crippen molar-refractivity contribution in [3.63, 3.8) is 0 Å². The first-order valence-electron chi connectivity index (χ1n) is 4.00. The minimum atomic E-state index is -1.40. The van der Waals surface area contributed by atoms with E-state index in [0.29, 0.717) is 0 Å². The predicted octanol–water partition coefficient (Wildman–Crippen LogP) is 1.17. The van der Waals surface area contributed by atoms with Crippen LogP contribution in [-0.4, -0.2) is 33.2 Å². The van der Waals surface area contributed by atoms with Crippen LogP contribution in [0.5, 0.6) is 0 Å². The molecule has 0 aromatic rings. The van der Waals surface area contributed by atoms with Crippen LogP contribution in [0.2, 0.25) is 0 Å². The number of carboxylic acids is 2. The van der Waals surface area contributed by atoms with Gasteiger partial charge >= 0.3 is 11.9 Å². The van der Waals surface area contributed by atoms with E-state index in [-0.39, 0.29) is 0 Å². The highest BCUT2D eigenvalue weighted by Gasteiger charge is 2.31. The lowest BCUT2D eigenvalue weighted by molar-refractivity contribution is -0.144. The summed E-state index contributed by atoms with van der Waals surface area (Å²) >= 11 is 0. The first kappa shape index (κ1) is 12.5. The third-order valence-corrected chi connectivity index (χ3v) is 1.60. The average Bonchev–Trinajstić information content (AvgIpc) is 2.01. The zero-order valence-corrected chi connectivity index (χ0v) is 8.61. The zero-order valence-electron chi connectivity index (χ0n) is 8.61. The molecule has 6 heteroatoms. The van der Waals surface area contributed by atoms with Crippen molar-refractivity contribution < 1.29 is 19.8 Å². The zero-order chi connectivity index (χ0) is 11.6. The van der Waals surface area contributed by atoms with E-state index in [1.807, 2.05) is 0 Å². The van der Waals surface area contributed by atoms with E-state index < -0.39 is 23.0 Å². The molecule has 80 valence electrons. The third-order valence-electron chi connectivity index (χ3n) is 1.60. The maximum atomic E-state index is 10.6. The van der Waals surface area contributed by atoms with Gasteiger partial charge in [-0.1, -0.05) is 0 Å². The molecule has 0 rings (SSSR count). The monoisotopic (exact) mass is 202 g/mol.